The molecule has 1 N–H and O–H groups in total. The van der Waals surface area contributed by atoms with Gasteiger partial charge >= 0.3 is 12.1 Å². The van der Waals surface area contributed by atoms with Gasteiger partial charge in [-0.3, -0.25) is 0 Å². The van der Waals surface area contributed by atoms with Crippen LogP contribution in [0.2, 0.25) is 10.0 Å². The van der Waals surface area contributed by atoms with Crippen LogP contribution >= 0.6 is 23.2 Å². The first-order chi connectivity index (χ1) is 6.73. The van der Waals surface area contributed by atoms with Gasteiger partial charge in [-0.2, -0.15) is 13.2 Å². The Bertz CT molecular complexity index is 415. The average Bonchev–Trinajstić information content (AvgIpc) is 2.00. The number of carboxylic acids is 1. The van der Waals surface area contributed by atoms with Crippen molar-refractivity contribution in [3.8, 4) is 0 Å². The Kier molecular flexibility index (Phi) is 3.16. The van der Waals surface area contributed by atoms with Crippen molar-refractivity contribution < 1.29 is 23.1 Å². The van der Waals surface area contributed by atoms with Gasteiger partial charge in [0.2, 0.25) is 0 Å². The van der Waals surface area contributed by atoms with E-state index >= 15 is 0 Å². The average molecular weight is 259 g/mol. The molecule has 0 aromatic heterocycles. The van der Waals surface area contributed by atoms with Crippen LogP contribution in [0.1, 0.15) is 15.9 Å². The van der Waals surface area contributed by atoms with E-state index in [0.29, 0.717) is 6.07 Å². The molecule has 1 rings (SSSR count). The Balaban J connectivity index is 3.43. The van der Waals surface area contributed by atoms with Crippen LogP contribution in [0, 0.1) is 0 Å². The molecule has 2 nitrogen and oxygen atoms in total. The van der Waals surface area contributed by atoms with Crippen molar-refractivity contribution in [2.24, 2.45) is 0 Å². The molecule has 0 amide bonds. The topological polar surface area (TPSA) is 37.3 Å². The Morgan fingerprint density at radius 2 is 1.73 bits per heavy atom. The smallest absolute Gasteiger partial charge is 0.417 e. The number of hydrogen-bond donors (Lipinski definition) is 1. The molecule has 1 aromatic rings. The molecule has 0 saturated carbocycles. The third-order valence-corrected chi connectivity index (χ3v) is 2.22. The largest absolute Gasteiger partial charge is 0.478 e. The lowest BCUT2D eigenvalue weighted by Gasteiger charge is -2.10. The van der Waals surface area contributed by atoms with Crippen LogP contribution in [0.4, 0.5) is 13.2 Å². The number of alkyl halides is 3. The summed E-state index contributed by atoms with van der Waals surface area (Å²) in [5.41, 5.74) is -1.85. The molecule has 0 spiro atoms. The molecule has 0 aliphatic rings. The highest BCUT2D eigenvalue weighted by molar-refractivity contribution is 6.37. The number of rotatable bonds is 1. The normalized spacial score (nSPS) is 11.5. The second-order valence-electron chi connectivity index (χ2n) is 2.61. The van der Waals surface area contributed by atoms with Crippen molar-refractivity contribution >= 4 is 29.2 Å². The van der Waals surface area contributed by atoms with Crippen LogP contribution in [0.3, 0.4) is 0 Å². The second-order valence-corrected chi connectivity index (χ2v) is 3.43. The number of hydrogen-bond acceptors (Lipinski definition) is 1. The molecule has 15 heavy (non-hydrogen) atoms. The molecule has 0 aliphatic heterocycles. The van der Waals surface area contributed by atoms with Gasteiger partial charge in [-0.05, 0) is 12.1 Å². The maximum atomic E-state index is 12.3. The van der Waals surface area contributed by atoms with Crippen molar-refractivity contribution in [1.82, 2.24) is 0 Å². The molecular formula is C8H3Cl2F3O2. The van der Waals surface area contributed by atoms with E-state index in [1.165, 1.54) is 0 Å². The van der Waals surface area contributed by atoms with Crippen LogP contribution in [0.25, 0.3) is 0 Å². The van der Waals surface area contributed by atoms with E-state index in [9.17, 15) is 18.0 Å². The SMILES string of the molecule is O=C(O)c1cc(C(F)(F)F)c(Cl)cc1Cl. The monoisotopic (exact) mass is 258 g/mol. The third kappa shape index (κ3) is 2.54. The molecule has 82 valence electrons. The fourth-order valence-electron chi connectivity index (χ4n) is 0.930. The van der Waals surface area contributed by atoms with Crippen molar-refractivity contribution in [3.63, 3.8) is 0 Å². The Morgan fingerprint density at radius 3 is 2.13 bits per heavy atom. The zero-order valence-electron chi connectivity index (χ0n) is 6.90. The van der Waals surface area contributed by atoms with Crippen molar-refractivity contribution in [2.75, 3.05) is 0 Å². The van der Waals surface area contributed by atoms with Crippen molar-refractivity contribution in [3.05, 3.63) is 33.3 Å². The molecule has 0 atom stereocenters. The van der Waals surface area contributed by atoms with Crippen LogP contribution in [-0.4, -0.2) is 11.1 Å². The predicted octanol–water partition coefficient (Wildman–Crippen LogP) is 3.71. The summed E-state index contributed by atoms with van der Waals surface area (Å²) in [5.74, 6) is -1.54. The van der Waals surface area contributed by atoms with Gasteiger partial charge in [0.05, 0.1) is 21.2 Å². The summed E-state index contributed by atoms with van der Waals surface area (Å²) in [4.78, 5) is 10.5. The first kappa shape index (κ1) is 12.1. The van der Waals surface area contributed by atoms with Crippen LogP contribution in [-0.2, 0) is 6.18 Å². The molecule has 0 heterocycles. The van der Waals surface area contributed by atoms with E-state index in [1.54, 1.807) is 0 Å². The minimum Gasteiger partial charge on any atom is -0.478 e. The fourth-order valence-corrected chi connectivity index (χ4v) is 1.50. The highest BCUT2D eigenvalue weighted by Crippen LogP contribution is 2.37. The van der Waals surface area contributed by atoms with E-state index in [4.69, 9.17) is 28.3 Å². The van der Waals surface area contributed by atoms with Gasteiger partial charge in [0.1, 0.15) is 0 Å². The molecule has 0 aliphatic carbocycles. The number of carbonyl (C=O) groups is 1. The van der Waals surface area contributed by atoms with Gasteiger partial charge in [-0.15, -0.1) is 0 Å². The van der Waals surface area contributed by atoms with Crippen LogP contribution in [0.15, 0.2) is 12.1 Å². The summed E-state index contributed by atoms with van der Waals surface area (Å²) in [5, 5.41) is 7.59. The summed E-state index contributed by atoms with van der Waals surface area (Å²) in [7, 11) is 0. The standard InChI is InChI=1S/C8H3Cl2F3O2/c9-5-2-6(10)4(8(11,12)13)1-3(5)7(14)15/h1-2H,(H,14,15). The van der Waals surface area contributed by atoms with Crippen molar-refractivity contribution in [1.29, 1.82) is 0 Å². The quantitative estimate of drug-likeness (QED) is 0.834. The van der Waals surface area contributed by atoms with E-state index in [0.717, 1.165) is 6.07 Å². The third-order valence-electron chi connectivity index (χ3n) is 1.59. The van der Waals surface area contributed by atoms with Crippen LogP contribution in [0.5, 0.6) is 0 Å². The summed E-state index contributed by atoms with van der Waals surface area (Å²) >= 11 is 10.7. The Morgan fingerprint density at radius 1 is 1.20 bits per heavy atom. The Labute approximate surface area is 92.2 Å². The Hall–Kier alpha value is -0.940. The minimum atomic E-state index is -4.70. The maximum absolute atomic E-state index is 12.3. The molecule has 0 radical (unpaired) electrons. The van der Waals surface area contributed by atoms with E-state index < -0.39 is 28.3 Å². The number of halogens is 5. The van der Waals surface area contributed by atoms with Gasteiger partial charge in [-0.1, -0.05) is 23.2 Å². The molecule has 0 fully saturated rings. The second kappa shape index (κ2) is 3.90. The van der Waals surface area contributed by atoms with E-state index in [-0.39, 0.29) is 5.02 Å². The number of aromatic carboxylic acids is 1. The zero-order chi connectivity index (χ0) is 11.8. The minimum absolute atomic E-state index is 0.333. The lowest BCUT2D eigenvalue weighted by molar-refractivity contribution is -0.137. The molecule has 1 aromatic carbocycles. The van der Waals surface area contributed by atoms with Gasteiger partial charge < -0.3 is 5.11 Å². The molecule has 0 unspecified atom stereocenters. The molecule has 0 bridgehead atoms. The lowest BCUT2D eigenvalue weighted by atomic mass is 10.1. The molecule has 7 heteroatoms. The van der Waals surface area contributed by atoms with E-state index in [1.807, 2.05) is 0 Å². The summed E-state index contributed by atoms with van der Waals surface area (Å²) in [6, 6.07) is 1.17. The molecular weight excluding hydrogens is 256 g/mol. The highest BCUT2D eigenvalue weighted by Gasteiger charge is 2.34. The summed E-state index contributed by atoms with van der Waals surface area (Å²) in [6.07, 6.45) is -4.70. The lowest BCUT2D eigenvalue weighted by Crippen LogP contribution is -2.09. The van der Waals surface area contributed by atoms with Gasteiger partial charge in [0, 0.05) is 0 Å². The van der Waals surface area contributed by atoms with Crippen molar-refractivity contribution in [2.45, 2.75) is 6.18 Å². The highest BCUT2D eigenvalue weighted by atomic mass is 35.5. The number of carboxylic acid groups (broad SMARTS) is 1. The summed E-state index contributed by atoms with van der Waals surface area (Å²) < 4.78 is 36.9. The first-order valence-electron chi connectivity index (χ1n) is 3.53. The first-order valence-corrected chi connectivity index (χ1v) is 4.28. The van der Waals surface area contributed by atoms with Gasteiger partial charge in [0.25, 0.3) is 0 Å². The van der Waals surface area contributed by atoms with Gasteiger partial charge in [0.15, 0.2) is 0 Å². The zero-order valence-corrected chi connectivity index (χ0v) is 8.41. The summed E-state index contributed by atoms with van der Waals surface area (Å²) in [6.45, 7) is 0. The maximum Gasteiger partial charge on any atom is 0.417 e. The predicted molar refractivity (Wildman–Crippen MR) is 48.4 cm³/mol. The van der Waals surface area contributed by atoms with E-state index in [2.05, 4.69) is 0 Å². The van der Waals surface area contributed by atoms with Gasteiger partial charge in [-0.25, -0.2) is 4.79 Å². The molecule has 0 saturated heterocycles. The van der Waals surface area contributed by atoms with Crippen LogP contribution < -0.4 is 0 Å². The number of benzene rings is 1. The fraction of sp³-hybridized carbons (Fsp3) is 0.125.